The van der Waals surface area contributed by atoms with E-state index in [0.717, 1.165) is 27.8 Å². The molecule has 2 aromatic rings. The fourth-order valence-electron chi connectivity index (χ4n) is 2.61. The van der Waals surface area contributed by atoms with Gasteiger partial charge in [0.2, 0.25) is 0 Å². The summed E-state index contributed by atoms with van der Waals surface area (Å²) in [5.41, 5.74) is 0. The van der Waals surface area contributed by atoms with Crippen LogP contribution >= 0.6 is 22.7 Å². The van der Waals surface area contributed by atoms with Gasteiger partial charge >= 0.3 is 5.97 Å². The number of fused-ring (bicyclic) bond motifs is 1. The molecule has 124 valence electrons. The number of carbonyl (C=O) groups is 2. The first-order valence-corrected chi connectivity index (χ1v) is 9.28. The number of nitrogens with zero attached hydrogens (tertiary/aromatic N) is 2. The molecule has 3 heterocycles. The van der Waals surface area contributed by atoms with E-state index in [2.05, 4.69) is 15.2 Å². The van der Waals surface area contributed by atoms with Gasteiger partial charge in [0.15, 0.2) is 5.13 Å². The normalized spacial score (nSPS) is 16.2. The third kappa shape index (κ3) is 3.32. The minimum absolute atomic E-state index is 0.169. The maximum absolute atomic E-state index is 12.3. The van der Waals surface area contributed by atoms with Crippen LogP contribution in [0, 0.1) is 5.92 Å². The van der Waals surface area contributed by atoms with Gasteiger partial charge in [-0.05, 0) is 24.8 Å². The lowest BCUT2D eigenvalue weighted by molar-refractivity contribution is -0.140. The van der Waals surface area contributed by atoms with E-state index in [9.17, 15) is 9.59 Å². The molecule has 1 aliphatic heterocycles. The predicted molar refractivity (Wildman–Crippen MR) is 92.7 cm³/mol. The average molecular weight is 353 g/mol. The molecular formula is C15H19N3O3S2. The van der Waals surface area contributed by atoms with Crippen LogP contribution in [0.25, 0.3) is 9.53 Å². The van der Waals surface area contributed by atoms with E-state index in [0.29, 0.717) is 4.88 Å². The molecular weight excluding hydrogens is 334 g/mol. The molecule has 0 saturated carbocycles. The fraction of sp³-hybridized carbons (Fsp3) is 0.533. The predicted octanol–water partition coefficient (Wildman–Crippen LogP) is 2.80. The summed E-state index contributed by atoms with van der Waals surface area (Å²) in [6.45, 7) is 5.64. The Labute approximate surface area is 142 Å². The highest BCUT2D eigenvalue weighted by molar-refractivity contribution is 7.29. The monoisotopic (exact) mass is 353 g/mol. The lowest BCUT2D eigenvalue weighted by atomic mass is 10.0. The zero-order valence-corrected chi connectivity index (χ0v) is 14.7. The highest BCUT2D eigenvalue weighted by atomic mass is 32.1. The Morgan fingerprint density at radius 3 is 2.57 bits per heavy atom. The van der Waals surface area contributed by atoms with Crippen molar-refractivity contribution in [3.8, 4) is 0 Å². The highest BCUT2D eigenvalue weighted by Crippen LogP contribution is 2.35. The van der Waals surface area contributed by atoms with Crippen molar-refractivity contribution in [2.45, 2.75) is 32.7 Å². The first-order valence-electron chi connectivity index (χ1n) is 7.64. The number of aliphatic carboxylic acids is 1. The molecule has 8 heteroatoms. The van der Waals surface area contributed by atoms with Gasteiger partial charge in [-0.25, -0.2) is 9.78 Å². The molecule has 0 radical (unpaired) electrons. The number of anilines is 1. The van der Waals surface area contributed by atoms with Crippen LogP contribution in [-0.4, -0.2) is 41.1 Å². The van der Waals surface area contributed by atoms with Crippen molar-refractivity contribution in [1.82, 2.24) is 10.3 Å². The third-order valence-corrected chi connectivity index (χ3v) is 6.12. The molecule has 1 saturated heterocycles. The highest BCUT2D eigenvalue weighted by Gasteiger charge is 2.25. The smallest absolute Gasteiger partial charge is 0.326 e. The third-order valence-electron chi connectivity index (χ3n) is 3.90. The van der Waals surface area contributed by atoms with E-state index >= 15 is 0 Å². The van der Waals surface area contributed by atoms with Gasteiger partial charge in [0.05, 0.1) is 9.58 Å². The maximum atomic E-state index is 12.3. The Kier molecular flexibility index (Phi) is 4.54. The first kappa shape index (κ1) is 16.2. The Bertz CT molecular complexity index is 700. The van der Waals surface area contributed by atoms with Crippen molar-refractivity contribution in [2.75, 3.05) is 18.0 Å². The summed E-state index contributed by atoms with van der Waals surface area (Å²) in [4.78, 5) is 31.7. The van der Waals surface area contributed by atoms with E-state index < -0.39 is 12.0 Å². The Morgan fingerprint density at radius 2 is 2.00 bits per heavy atom. The molecule has 0 bridgehead atoms. The number of thiophene rings is 1. The molecule has 3 rings (SSSR count). The minimum Gasteiger partial charge on any atom is -0.480 e. The molecule has 6 nitrogen and oxygen atoms in total. The quantitative estimate of drug-likeness (QED) is 0.864. The van der Waals surface area contributed by atoms with Crippen molar-refractivity contribution < 1.29 is 14.7 Å². The van der Waals surface area contributed by atoms with Gasteiger partial charge in [0.25, 0.3) is 5.91 Å². The van der Waals surface area contributed by atoms with E-state index in [1.807, 2.05) is 6.07 Å². The fourth-order valence-corrected chi connectivity index (χ4v) is 4.77. The number of hydrogen-bond acceptors (Lipinski definition) is 6. The van der Waals surface area contributed by atoms with Gasteiger partial charge in [0.1, 0.15) is 10.9 Å². The number of aromatic nitrogens is 1. The van der Waals surface area contributed by atoms with E-state index in [-0.39, 0.29) is 11.8 Å². The Balaban J connectivity index is 1.76. The number of amides is 1. The summed E-state index contributed by atoms with van der Waals surface area (Å²) in [5.74, 6) is -1.53. The molecule has 2 aromatic heterocycles. The molecule has 1 aliphatic rings. The van der Waals surface area contributed by atoms with Gasteiger partial charge < -0.3 is 15.3 Å². The first-order chi connectivity index (χ1) is 11.0. The van der Waals surface area contributed by atoms with Crippen molar-refractivity contribution in [3.63, 3.8) is 0 Å². The summed E-state index contributed by atoms with van der Waals surface area (Å²) < 4.78 is 0.985. The van der Waals surface area contributed by atoms with Crippen LogP contribution in [0.2, 0.25) is 0 Å². The lowest BCUT2D eigenvalue weighted by Crippen LogP contribution is -2.44. The second-order valence-electron chi connectivity index (χ2n) is 6.00. The lowest BCUT2D eigenvalue weighted by Gasteiger charge is -2.17. The van der Waals surface area contributed by atoms with Gasteiger partial charge in [-0.1, -0.05) is 25.2 Å². The molecule has 2 N–H and O–H groups in total. The molecule has 1 amide bonds. The molecule has 23 heavy (non-hydrogen) atoms. The zero-order valence-electron chi connectivity index (χ0n) is 13.0. The summed E-state index contributed by atoms with van der Waals surface area (Å²) in [5, 5.41) is 12.8. The van der Waals surface area contributed by atoms with Gasteiger partial charge in [-0.3, -0.25) is 4.79 Å². The summed E-state index contributed by atoms with van der Waals surface area (Å²) in [6, 6.07) is 0.932. The number of hydrogen-bond donors (Lipinski definition) is 2. The van der Waals surface area contributed by atoms with Gasteiger partial charge in [-0.2, -0.15) is 0 Å². The minimum atomic E-state index is -1.01. The number of carboxylic acid groups (broad SMARTS) is 1. The van der Waals surface area contributed by atoms with Crippen molar-refractivity contribution in [1.29, 1.82) is 0 Å². The summed E-state index contributed by atoms with van der Waals surface area (Å²) in [6.07, 6.45) is 2.40. The van der Waals surface area contributed by atoms with Gasteiger partial charge in [-0.15, -0.1) is 11.3 Å². The molecule has 1 fully saturated rings. The number of carboxylic acids is 1. The van der Waals surface area contributed by atoms with Gasteiger partial charge in [0, 0.05) is 13.1 Å². The number of thiazole rings is 1. The van der Waals surface area contributed by atoms with Crippen LogP contribution in [0.1, 0.15) is 36.4 Å². The molecule has 0 spiro atoms. The second kappa shape index (κ2) is 6.45. The largest absolute Gasteiger partial charge is 0.480 e. The van der Waals surface area contributed by atoms with Crippen LogP contribution in [0.15, 0.2) is 6.07 Å². The summed E-state index contributed by atoms with van der Waals surface area (Å²) >= 11 is 2.91. The van der Waals surface area contributed by atoms with Crippen LogP contribution in [0.5, 0.6) is 0 Å². The van der Waals surface area contributed by atoms with Crippen molar-refractivity contribution >= 4 is 49.2 Å². The SMILES string of the molecule is CC(C)[C@@H](NC(=O)c1cc2sc(N3CCCC3)nc2s1)C(=O)O. The Morgan fingerprint density at radius 1 is 1.30 bits per heavy atom. The molecule has 0 unspecified atom stereocenters. The number of nitrogens with one attached hydrogen (secondary N) is 1. The average Bonchev–Trinajstić information content (AvgIpc) is 3.17. The number of rotatable bonds is 5. The van der Waals surface area contributed by atoms with Crippen LogP contribution in [0.4, 0.5) is 5.13 Å². The van der Waals surface area contributed by atoms with Crippen LogP contribution < -0.4 is 10.2 Å². The topological polar surface area (TPSA) is 82.5 Å². The standard InChI is InChI=1S/C15H19N3O3S2/c1-8(2)11(14(20)21)16-12(19)9-7-10-13(22-9)17-15(23-10)18-5-3-4-6-18/h7-8,11H,3-6H2,1-2H3,(H,16,19)(H,20,21)/t11-/m1/s1. The van der Waals surface area contributed by atoms with E-state index in [1.54, 1.807) is 25.2 Å². The zero-order chi connectivity index (χ0) is 16.6. The van der Waals surface area contributed by atoms with E-state index in [1.165, 1.54) is 24.2 Å². The van der Waals surface area contributed by atoms with Crippen molar-refractivity contribution in [2.24, 2.45) is 5.92 Å². The van der Waals surface area contributed by atoms with Crippen LogP contribution in [0.3, 0.4) is 0 Å². The maximum Gasteiger partial charge on any atom is 0.326 e. The molecule has 1 atom stereocenters. The summed E-state index contributed by atoms with van der Waals surface area (Å²) in [7, 11) is 0. The number of carbonyl (C=O) groups excluding carboxylic acids is 1. The van der Waals surface area contributed by atoms with E-state index in [4.69, 9.17) is 5.11 Å². The Hall–Kier alpha value is -1.67. The van der Waals surface area contributed by atoms with Crippen molar-refractivity contribution in [3.05, 3.63) is 10.9 Å². The molecule has 0 aliphatic carbocycles. The van der Waals surface area contributed by atoms with Crippen LogP contribution in [-0.2, 0) is 4.79 Å². The second-order valence-corrected chi connectivity index (χ2v) is 8.04. The molecule has 0 aromatic carbocycles.